The van der Waals surface area contributed by atoms with Crippen LogP contribution in [0.25, 0.3) is 10.2 Å². The molecule has 1 aromatic heterocycles. The van der Waals surface area contributed by atoms with Gasteiger partial charge in [-0.05, 0) is 18.6 Å². The van der Waals surface area contributed by atoms with Crippen molar-refractivity contribution < 1.29 is 14.8 Å². The quantitative estimate of drug-likeness (QED) is 0.599. The first-order chi connectivity index (χ1) is 9.63. The molecule has 1 atom stereocenters. The number of benzene rings is 1. The van der Waals surface area contributed by atoms with E-state index < -0.39 is 11.0 Å². The predicted molar refractivity (Wildman–Crippen MR) is 77.3 cm³/mol. The second-order valence-corrected chi connectivity index (χ2v) is 5.13. The number of thiazole rings is 1. The molecule has 2 N–H and O–H groups in total. The lowest BCUT2D eigenvalue weighted by atomic mass is 10.2. The van der Waals surface area contributed by atoms with E-state index in [0.29, 0.717) is 24.2 Å². The van der Waals surface area contributed by atoms with E-state index in [1.165, 1.54) is 18.4 Å². The number of ether oxygens (including phenoxy) is 1. The first kappa shape index (κ1) is 14.6. The SMILES string of the molecule is COCC(O)CCNc1ccc2scnc2c1[N+](=O)[O-]. The van der Waals surface area contributed by atoms with Gasteiger partial charge in [0.05, 0.1) is 27.8 Å². The number of hydrogen-bond acceptors (Lipinski definition) is 7. The van der Waals surface area contributed by atoms with Gasteiger partial charge in [0.25, 0.3) is 0 Å². The Bertz CT molecular complexity index is 601. The molecule has 1 heterocycles. The van der Waals surface area contributed by atoms with E-state index in [1.807, 2.05) is 0 Å². The van der Waals surface area contributed by atoms with Crippen LogP contribution in [-0.4, -0.2) is 41.4 Å². The number of aliphatic hydroxyl groups excluding tert-OH is 1. The number of nitrogens with one attached hydrogen (secondary N) is 1. The predicted octanol–water partition coefficient (Wildman–Crippen LogP) is 2.01. The highest BCUT2D eigenvalue weighted by Crippen LogP contribution is 2.34. The Kier molecular flexibility index (Phi) is 4.83. The zero-order valence-corrected chi connectivity index (χ0v) is 11.7. The molecular weight excluding hydrogens is 282 g/mol. The van der Waals surface area contributed by atoms with Gasteiger partial charge in [0.2, 0.25) is 0 Å². The van der Waals surface area contributed by atoms with Crippen molar-refractivity contribution in [1.29, 1.82) is 0 Å². The number of nitro benzene ring substituents is 1. The molecule has 7 nitrogen and oxygen atoms in total. The normalized spacial score (nSPS) is 12.5. The van der Waals surface area contributed by atoms with Crippen LogP contribution in [0.4, 0.5) is 11.4 Å². The molecule has 0 saturated carbocycles. The molecule has 0 saturated heterocycles. The highest BCUT2D eigenvalue weighted by Gasteiger charge is 2.20. The Hall–Kier alpha value is -1.77. The second-order valence-electron chi connectivity index (χ2n) is 4.24. The Morgan fingerprint density at radius 3 is 3.10 bits per heavy atom. The number of methoxy groups -OCH3 is 1. The topological polar surface area (TPSA) is 97.5 Å². The second kappa shape index (κ2) is 6.60. The smallest absolute Gasteiger partial charge is 0.319 e. The van der Waals surface area contributed by atoms with Gasteiger partial charge in [0.15, 0.2) is 5.52 Å². The Balaban J connectivity index is 2.13. The summed E-state index contributed by atoms with van der Waals surface area (Å²) in [5.41, 5.74) is 2.37. The monoisotopic (exact) mass is 297 g/mol. The van der Waals surface area contributed by atoms with Gasteiger partial charge in [0.1, 0.15) is 5.69 Å². The van der Waals surface area contributed by atoms with Gasteiger partial charge in [-0.3, -0.25) is 10.1 Å². The van der Waals surface area contributed by atoms with Crippen LogP contribution in [0.1, 0.15) is 6.42 Å². The fourth-order valence-corrected chi connectivity index (χ4v) is 2.57. The maximum atomic E-state index is 11.2. The lowest BCUT2D eigenvalue weighted by Gasteiger charge is -2.11. The van der Waals surface area contributed by atoms with Crippen molar-refractivity contribution in [3.05, 3.63) is 27.8 Å². The number of anilines is 1. The average Bonchev–Trinajstić information content (AvgIpc) is 2.86. The Labute approximate surface area is 119 Å². The maximum Gasteiger partial charge on any atom is 0.319 e. The molecular formula is C12H15N3O4S. The molecule has 0 aliphatic carbocycles. The largest absolute Gasteiger partial charge is 0.391 e. The van der Waals surface area contributed by atoms with Crippen LogP contribution in [0.15, 0.2) is 17.6 Å². The summed E-state index contributed by atoms with van der Waals surface area (Å²) in [5, 5.41) is 23.7. The Morgan fingerprint density at radius 2 is 2.40 bits per heavy atom. The van der Waals surface area contributed by atoms with Crippen molar-refractivity contribution in [3.63, 3.8) is 0 Å². The van der Waals surface area contributed by atoms with Gasteiger partial charge in [-0.25, -0.2) is 4.98 Å². The molecule has 0 fully saturated rings. The van der Waals surface area contributed by atoms with E-state index in [0.717, 1.165) is 4.70 Å². The molecule has 0 bridgehead atoms. The molecule has 8 heteroatoms. The van der Waals surface area contributed by atoms with E-state index in [2.05, 4.69) is 10.3 Å². The molecule has 108 valence electrons. The first-order valence-corrected chi connectivity index (χ1v) is 6.93. The third-order valence-electron chi connectivity index (χ3n) is 2.81. The zero-order chi connectivity index (χ0) is 14.5. The minimum Gasteiger partial charge on any atom is -0.391 e. The highest BCUT2D eigenvalue weighted by molar-refractivity contribution is 7.16. The molecule has 2 aromatic rings. The molecule has 20 heavy (non-hydrogen) atoms. The van der Waals surface area contributed by atoms with Crippen molar-refractivity contribution in [2.45, 2.75) is 12.5 Å². The van der Waals surface area contributed by atoms with Gasteiger partial charge in [0, 0.05) is 13.7 Å². The standard InChI is InChI=1S/C12H15N3O4S/c1-19-6-8(16)4-5-13-9-2-3-10-11(14-7-20-10)12(9)15(17)18/h2-3,7-8,13,16H,4-6H2,1H3. The molecule has 0 aliphatic heterocycles. The molecule has 0 spiro atoms. The first-order valence-electron chi connectivity index (χ1n) is 6.05. The lowest BCUT2D eigenvalue weighted by molar-refractivity contribution is -0.382. The van der Waals surface area contributed by atoms with Crippen molar-refractivity contribution >= 4 is 32.9 Å². The van der Waals surface area contributed by atoms with Gasteiger partial charge in [-0.15, -0.1) is 11.3 Å². The number of nitrogens with zero attached hydrogens (tertiary/aromatic N) is 2. The summed E-state index contributed by atoms with van der Waals surface area (Å²) in [6.45, 7) is 0.663. The van der Waals surface area contributed by atoms with Crippen LogP contribution in [0.5, 0.6) is 0 Å². The van der Waals surface area contributed by atoms with Crippen LogP contribution in [-0.2, 0) is 4.74 Å². The van der Waals surface area contributed by atoms with Crippen LogP contribution < -0.4 is 5.32 Å². The number of fused-ring (bicyclic) bond motifs is 1. The molecule has 1 unspecified atom stereocenters. The summed E-state index contributed by atoms with van der Waals surface area (Å²) in [6, 6.07) is 3.47. The summed E-state index contributed by atoms with van der Waals surface area (Å²) in [6.07, 6.45) is -0.144. The van der Waals surface area contributed by atoms with Crippen LogP contribution in [0.3, 0.4) is 0 Å². The molecule has 0 amide bonds. The highest BCUT2D eigenvalue weighted by atomic mass is 32.1. The zero-order valence-electron chi connectivity index (χ0n) is 10.9. The van der Waals surface area contributed by atoms with Gasteiger partial charge >= 0.3 is 5.69 Å². The van der Waals surface area contributed by atoms with Gasteiger partial charge in [-0.2, -0.15) is 0 Å². The van der Waals surface area contributed by atoms with E-state index >= 15 is 0 Å². The summed E-state index contributed by atoms with van der Waals surface area (Å²) in [4.78, 5) is 14.8. The third kappa shape index (κ3) is 3.21. The number of aliphatic hydroxyl groups is 1. The van der Waals surface area contributed by atoms with Crippen LogP contribution in [0.2, 0.25) is 0 Å². The third-order valence-corrected chi connectivity index (χ3v) is 3.60. The van der Waals surface area contributed by atoms with Gasteiger partial charge in [-0.1, -0.05) is 0 Å². The summed E-state index contributed by atoms with van der Waals surface area (Å²) in [5.74, 6) is 0. The van der Waals surface area contributed by atoms with Gasteiger partial charge < -0.3 is 15.2 Å². The fourth-order valence-electron chi connectivity index (χ4n) is 1.89. The number of aromatic nitrogens is 1. The van der Waals surface area contributed by atoms with E-state index in [-0.39, 0.29) is 12.3 Å². The number of nitro groups is 1. The van der Waals surface area contributed by atoms with E-state index in [1.54, 1.807) is 17.6 Å². The minimum absolute atomic E-state index is 0.0232. The van der Waals surface area contributed by atoms with Crippen molar-refractivity contribution in [2.24, 2.45) is 0 Å². The summed E-state index contributed by atoms with van der Waals surface area (Å²) < 4.78 is 5.60. The van der Waals surface area contributed by atoms with Crippen molar-refractivity contribution in [1.82, 2.24) is 4.98 Å². The van der Waals surface area contributed by atoms with E-state index in [4.69, 9.17) is 4.74 Å². The minimum atomic E-state index is -0.588. The maximum absolute atomic E-state index is 11.2. The average molecular weight is 297 g/mol. The van der Waals surface area contributed by atoms with Crippen LogP contribution >= 0.6 is 11.3 Å². The molecule has 1 aromatic carbocycles. The number of rotatable bonds is 7. The van der Waals surface area contributed by atoms with Crippen molar-refractivity contribution in [2.75, 3.05) is 25.6 Å². The van der Waals surface area contributed by atoms with Crippen molar-refractivity contribution in [3.8, 4) is 0 Å². The Morgan fingerprint density at radius 1 is 1.60 bits per heavy atom. The molecule has 2 rings (SSSR count). The number of hydrogen-bond donors (Lipinski definition) is 2. The fraction of sp³-hybridized carbons (Fsp3) is 0.417. The summed E-state index contributed by atoms with van der Waals surface area (Å²) >= 11 is 1.36. The summed E-state index contributed by atoms with van der Waals surface area (Å²) in [7, 11) is 1.51. The van der Waals surface area contributed by atoms with Crippen LogP contribution in [0, 0.1) is 10.1 Å². The van der Waals surface area contributed by atoms with E-state index in [9.17, 15) is 15.2 Å². The molecule has 0 aliphatic rings. The lowest BCUT2D eigenvalue weighted by Crippen LogP contribution is -2.18. The molecule has 0 radical (unpaired) electrons.